The number of hydrogen-bond acceptors (Lipinski definition) is 10. The van der Waals surface area contributed by atoms with Crippen molar-refractivity contribution in [1.82, 2.24) is 20.0 Å². The van der Waals surface area contributed by atoms with E-state index in [0.29, 0.717) is 11.3 Å². The van der Waals surface area contributed by atoms with Gasteiger partial charge in [-0.05, 0) is 31.2 Å². The molecule has 174 valence electrons. The van der Waals surface area contributed by atoms with Crippen molar-refractivity contribution in [2.24, 2.45) is 0 Å². The minimum Gasteiger partial charge on any atom is -0.550 e. The van der Waals surface area contributed by atoms with Gasteiger partial charge in [-0.15, -0.1) is 5.10 Å². The molecule has 5 rings (SSSR count). The second-order valence-electron chi connectivity index (χ2n) is 7.70. The average molecular weight is 471 g/mol. The molecule has 0 radical (unpaired) electrons. The Hall–Kier alpha value is -4.93. The number of fused-ring (bicyclic) bond motifs is 2. The highest BCUT2D eigenvalue weighted by Gasteiger charge is 2.39. The smallest absolute Gasteiger partial charge is 0.347 e. The molecule has 1 aromatic carbocycles. The van der Waals surface area contributed by atoms with Gasteiger partial charge in [-0.25, -0.2) is 4.79 Å². The van der Waals surface area contributed by atoms with Gasteiger partial charge in [0.25, 0.3) is 0 Å². The molecule has 0 unspecified atom stereocenters. The Morgan fingerprint density at radius 1 is 1.14 bits per heavy atom. The second-order valence-corrected chi connectivity index (χ2v) is 7.70. The van der Waals surface area contributed by atoms with E-state index in [4.69, 9.17) is 9.15 Å². The van der Waals surface area contributed by atoms with Gasteiger partial charge in [-0.2, -0.15) is 0 Å². The minimum absolute atomic E-state index is 0.0522. The van der Waals surface area contributed by atoms with Crippen molar-refractivity contribution in [3.05, 3.63) is 82.7 Å². The van der Waals surface area contributed by atoms with Gasteiger partial charge < -0.3 is 19.1 Å². The molecule has 3 heterocycles. The topological polar surface area (TPSA) is 157 Å². The first kappa shape index (κ1) is 21.9. The number of pyridine rings is 1. The quantitative estimate of drug-likeness (QED) is 0.262. The molecule has 0 amide bonds. The number of rotatable bonds is 6. The molecule has 4 aromatic rings. The molecular formula is C24H15N4O7-. The maximum Gasteiger partial charge on any atom is 0.347 e. The Morgan fingerprint density at radius 3 is 2.77 bits per heavy atom. The lowest BCUT2D eigenvalue weighted by Gasteiger charge is -2.12. The van der Waals surface area contributed by atoms with Crippen molar-refractivity contribution in [3.8, 4) is 17.0 Å². The summed E-state index contributed by atoms with van der Waals surface area (Å²) in [6.45, 7) is 1.56. The number of nitrogens with zero attached hydrogens (tertiary/aromatic N) is 4. The van der Waals surface area contributed by atoms with E-state index in [1.165, 1.54) is 42.1 Å². The molecule has 11 heteroatoms. The first-order valence-corrected chi connectivity index (χ1v) is 10.4. The van der Waals surface area contributed by atoms with E-state index in [1.54, 1.807) is 18.3 Å². The fraction of sp³-hybridized carbons (Fsp3) is 0.125. The number of furan rings is 1. The lowest BCUT2D eigenvalue weighted by Crippen LogP contribution is -2.23. The normalized spacial score (nSPS) is 12.3. The zero-order valence-corrected chi connectivity index (χ0v) is 18.2. The molecule has 11 nitrogen and oxygen atoms in total. The Kier molecular flexibility index (Phi) is 5.28. The first-order chi connectivity index (χ1) is 16.8. The number of aryl methyl sites for hydroxylation is 2. The zero-order valence-electron chi connectivity index (χ0n) is 18.2. The molecule has 0 spiro atoms. The van der Waals surface area contributed by atoms with Crippen LogP contribution in [-0.2, 0) is 11.3 Å². The number of carboxylic acid groups (broad SMARTS) is 1. The predicted molar refractivity (Wildman–Crippen MR) is 115 cm³/mol. The number of aliphatic carboxylic acids is 1. The summed E-state index contributed by atoms with van der Waals surface area (Å²) in [6.07, 6.45) is 2.73. The fourth-order valence-electron chi connectivity index (χ4n) is 3.80. The molecule has 35 heavy (non-hydrogen) atoms. The van der Waals surface area contributed by atoms with Gasteiger partial charge in [0.2, 0.25) is 11.6 Å². The number of hydrogen-bond donors (Lipinski definition) is 0. The van der Waals surface area contributed by atoms with Crippen molar-refractivity contribution in [3.63, 3.8) is 0 Å². The molecule has 0 atom stereocenters. The molecule has 0 fully saturated rings. The largest absolute Gasteiger partial charge is 0.550 e. The fourth-order valence-corrected chi connectivity index (χ4v) is 3.80. The van der Waals surface area contributed by atoms with Crippen LogP contribution in [0.1, 0.15) is 54.7 Å². The van der Waals surface area contributed by atoms with Crippen LogP contribution in [0.25, 0.3) is 11.3 Å². The summed E-state index contributed by atoms with van der Waals surface area (Å²) in [4.78, 5) is 53.5. The monoisotopic (exact) mass is 471 g/mol. The van der Waals surface area contributed by atoms with E-state index >= 15 is 0 Å². The van der Waals surface area contributed by atoms with Crippen LogP contribution in [-0.4, -0.2) is 43.5 Å². The number of ether oxygens (including phenoxy) is 1. The van der Waals surface area contributed by atoms with Crippen molar-refractivity contribution in [2.45, 2.75) is 19.9 Å². The maximum absolute atomic E-state index is 13.1. The van der Waals surface area contributed by atoms with Crippen LogP contribution in [0.3, 0.4) is 0 Å². The van der Waals surface area contributed by atoms with Crippen LogP contribution in [0.5, 0.6) is 5.75 Å². The van der Waals surface area contributed by atoms with E-state index in [1.807, 2.05) is 0 Å². The predicted octanol–water partition coefficient (Wildman–Crippen LogP) is 1.38. The number of carbonyl (C=O) groups is 4. The summed E-state index contributed by atoms with van der Waals surface area (Å²) in [6, 6.07) is 9.42. The van der Waals surface area contributed by atoms with Crippen molar-refractivity contribution < 1.29 is 33.4 Å². The Labute approximate surface area is 197 Å². The van der Waals surface area contributed by atoms with Gasteiger partial charge in [-0.1, -0.05) is 17.3 Å². The highest BCUT2D eigenvalue weighted by Crippen LogP contribution is 2.33. The van der Waals surface area contributed by atoms with Gasteiger partial charge in [-0.3, -0.25) is 19.3 Å². The number of carbonyl (C=O) groups excluding carboxylic acids is 4. The standard InChI is InChI=1S/C24H16N4O7/c1-12-18(19-22(32)20-15(6-3-8-25-20)21(31)23(19)34-12)24(33)35-14-5-2-4-13(10-14)16-11-28(27-26-16)9-7-17(29)30/h2-6,8,10-11H,7,9H2,1H3,(H,29,30)/p-1. The molecule has 0 bridgehead atoms. The summed E-state index contributed by atoms with van der Waals surface area (Å²) >= 11 is 0. The lowest BCUT2D eigenvalue weighted by molar-refractivity contribution is -0.306. The minimum atomic E-state index is -1.20. The van der Waals surface area contributed by atoms with Gasteiger partial charge in [0.15, 0.2) is 5.76 Å². The zero-order chi connectivity index (χ0) is 24.7. The van der Waals surface area contributed by atoms with Gasteiger partial charge in [0.05, 0.1) is 17.3 Å². The van der Waals surface area contributed by atoms with Crippen LogP contribution in [0, 0.1) is 6.92 Å². The van der Waals surface area contributed by atoms with Crippen molar-refractivity contribution >= 4 is 23.5 Å². The van der Waals surface area contributed by atoms with E-state index in [-0.39, 0.29) is 52.6 Å². The third kappa shape index (κ3) is 3.88. The highest BCUT2D eigenvalue weighted by molar-refractivity contribution is 6.29. The molecule has 0 N–H and O–H groups in total. The molecule has 0 saturated heterocycles. The lowest BCUT2D eigenvalue weighted by atomic mass is 9.90. The van der Waals surface area contributed by atoms with Crippen LogP contribution in [0.15, 0.2) is 53.2 Å². The molecule has 1 aliphatic carbocycles. The second kappa shape index (κ2) is 8.45. The van der Waals surface area contributed by atoms with Gasteiger partial charge in [0.1, 0.15) is 28.5 Å². The summed E-state index contributed by atoms with van der Waals surface area (Å²) in [5.74, 6) is -3.20. The Balaban J connectivity index is 1.42. The number of benzene rings is 1. The third-order valence-electron chi connectivity index (χ3n) is 5.41. The molecule has 1 aliphatic rings. The SMILES string of the molecule is Cc1oc2c(c1C(=O)Oc1cccc(-c3cn(CCC(=O)[O-])nn3)c1)C(=O)c1ncccc1C2=O. The number of aromatic nitrogens is 4. The van der Waals surface area contributed by atoms with E-state index in [2.05, 4.69) is 15.3 Å². The van der Waals surface area contributed by atoms with Crippen LogP contribution >= 0.6 is 0 Å². The number of carboxylic acids is 1. The number of ketones is 2. The molecule has 0 saturated carbocycles. The third-order valence-corrected chi connectivity index (χ3v) is 5.41. The average Bonchev–Trinajstić information content (AvgIpc) is 3.46. The highest BCUT2D eigenvalue weighted by atomic mass is 16.5. The van der Waals surface area contributed by atoms with Gasteiger partial charge in [0, 0.05) is 30.7 Å². The van der Waals surface area contributed by atoms with E-state index in [9.17, 15) is 24.3 Å². The first-order valence-electron chi connectivity index (χ1n) is 10.4. The van der Waals surface area contributed by atoms with Crippen molar-refractivity contribution in [2.75, 3.05) is 0 Å². The van der Waals surface area contributed by atoms with Crippen LogP contribution in [0.4, 0.5) is 0 Å². The molecule has 3 aromatic heterocycles. The van der Waals surface area contributed by atoms with Crippen LogP contribution in [0.2, 0.25) is 0 Å². The van der Waals surface area contributed by atoms with E-state index in [0.717, 1.165) is 0 Å². The summed E-state index contributed by atoms with van der Waals surface area (Å²) in [5, 5.41) is 18.5. The van der Waals surface area contributed by atoms with Gasteiger partial charge >= 0.3 is 5.97 Å². The molecule has 0 aliphatic heterocycles. The summed E-state index contributed by atoms with van der Waals surface area (Å²) in [7, 11) is 0. The van der Waals surface area contributed by atoms with Crippen molar-refractivity contribution in [1.29, 1.82) is 0 Å². The Bertz CT molecular complexity index is 1530. The number of esters is 1. The van der Waals surface area contributed by atoms with E-state index < -0.39 is 23.5 Å². The Morgan fingerprint density at radius 2 is 1.97 bits per heavy atom. The summed E-state index contributed by atoms with van der Waals surface area (Å²) in [5.41, 5.74) is 0.735. The summed E-state index contributed by atoms with van der Waals surface area (Å²) < 4.78 is 12.4. The maximum atomic E-state index is 13.1. The molecular weight excluding hydrogens is 456 g/mol. The van der Waals surface area contributed by atoms with Crippen LogP contribution < -0.4 is 9.84 Å².